The number of hydrogen-bond donors (Lipinski definition) is 1. The van der Waals surface area contributed by atoms with Crippen LogP contribution >= 0.6 is 0 Å². The number of carbonyl (C=O) groups excluding carboxylic acids is 1. The van der Waals surface area contributed by atoms with Crippen molar-refractivity contribution in [1.29, 1.82) is 0 Å². The van der Waals surface area contributed by atoms with Gasteiger partial charge >= 0.3 is 0 Å². The molecule has 2 aromatic rings. The molecule has 146 valence electrons. The average molecular weight is 369 g/mol. The van der Waals surface area contributed by atoms with E-state index < -0.39 is 0 Å². The molecule has 0 aliphatic heterocycles. The second-order valence-electron chi connectivity index (χ2n) is 8.73. The normalized spacial score (nSPS) is 14.3. The Morgan fingerprint density at radius 1 is 1.22 bits per heavy atom. The summed E-state index contributed by atoms with van der Waals surface area (Å²) < 4.78 is 2.03. The Balaban J connectivity index is 1.52. The second-order valence-corrected chi connectivity index (χ2v) is 8.73. The lowest BCUT2D eigenvalue weighted by atomic mass is 10.1. The smallest absolute Gasteiger partial charge is 0.271 e. The van der Waals surface area contributed by atoms with Crippen molar-refractivity contribution in [2.45, 2.75) is 57.9 Å². The molecule has 0 spiro atoms. The van der Waals surface area contributed by atoms with Gasteiger partial charge in [-0.2, -0.15) is 5.10 Å². The van der Waals surface area contributed by atoms with Crippen LogP contribution < -0.4 is 10.2 Å². The zero-order valence-corrected chi connectivity index (χ0v) is 17.2. The Labute approximate surface area is 162 Å². The van der Waals surface area contributed by atoms with E-state index in [0.717, 1.165) is 12.8 Å². The van der Waals surface area contributed by atoms with Crippen LogP contribution in [0.5, 0.6) is 0 Å². The summed E-state index contributed by atoms with van der Waals surface area (Å²) in [5.74, 6) is 0.506. The van der Waals surface area contributed by atoms with Crippen molar-refractivity contribution in [3.05, 3.63) is 47.3 Å². The lowest BCUT2D eigenvalue weighted by Crippen LogP contribution is -2.28. The van der Waals surface area contributed by atoms with Gasteiger partial charge in [-0.1, -0.05) is 12.1 Å². The molecule has 5 nitrogen and oxygen atoms in total. The number of nitrogens with zero attached hydrogens (tertiary/aromatic N) is 3. The molecule has 5 heteroatoms. The van der Waals surface area contributed by atoms with E-state index in [1.807, 2.05) is 24.8 Å². The molecule has 0 atom stereocenters. The predicted molar refractivity (Wildman–Crippen MR) is 111 cm³/mol. The largest absolute Gasteiger partial charge is 0.378 e. The fourth-order valence-electron chi connectivity index (χ4n) is 3.26. The van der Waals surface area contributed by atoms with Crippen molar-refractivity contribution in [2.24, 2.45) is 0 Å². The first-order chi connectivity index (χ1) is 12.8. The van der Waals surface area contributed by atoms with Crippen LogP contribution in [-0.2, 0) is 12.0 Å². The lowest BCUT2D eigenvalue weighted by Gasteiger charge is -2.22. The number of benzene rings is 1. The predicted octanol–water partition coefficient (Wildman–Crippen LogP) is 3.94. The van der Waals surface area contributed by atoms with Crippen LogP contribution in [0.2, 0.25) is 0 Å². The molecular weight excluding hydrogens is 336 g/mol. The highest BCUT2D eigenvalue weighted by molar-refractivity contribution is 5.92. The van der Waals surface area contributed by atoms with Gasteiger partial charge in [-0.25, -0.2) is 0 Å². The van der Waals surface area contributed by atoms with E-state index in [9.17, 15) is 4.79 Å². The summed E-state index contributed by atoms with van der Waals surface area (Å²) in [4.78, 5) is 14.6. The molecule has 1 aliphatic rings. The molecule has 1 fully saturated rings. The van der Waals surface area contributed by atoms with Gasteiger partial charge in [0.2, 0.25) is 0 Å². The van der Waals surface area contributed by atoms with Gasteiger partial charge < -0.3 is 10.2 Å². The Morgan fingerprint density at radius 2 is 1.89 bits per heavy atom. The van der Waals surface area contributed by atoms with E-state index in [1.54, 1.807) is 0 Å². The SMILES string of the molecule is CN(C)c1ccc(CCCNC(=O)c2cc(C3CC3)n(C(C)(C)C)n2)cc1. The molecular formula is C22H32N4O. The molecule has 1 heterocycles. The summed E-state index contributed by atoms with van der Waals surface area (Å²) >= 11 is 0. The fourth-order valence-corrected chi connectivity index (χ4v) is 3.26. The first-order valence-corrected chi connectivity index (χ1v) is 9.90. The molecule has 0 saturated heterocycles. The highest BCUT2D eigenvalue weighted by Crippen LogP contribution is 2.41. The number of nitrogens with one attached hydrogen (secondary N) is 1. The van der Waals surface area contributed by atoms with E-state index in [0.29, 0.717) is 18.2 Å². The highest BCUT2D eigenvalue weighted by Gasteiger charge is 2.32. The number of anilines is 1. The summed E-state index contributed by atoms with van der Waals surface area (Å²) in [5, 5.41) is 7.63. The van der Waals surface area contributed by atoms with E-state index in [-0.39, 0.29) is 11.4 Å². The fraction of sp³-hybridized carbons (Fsp3) is 0.545. The van der Waals surface area contributed by atoms with Gasteiger partial charge in [-0.15, -0.1) is 0 Å². The molecule has 3 rings (SSSR count). The summed E-state index contributed by atoms with van der Waals surface area (Å²) in [7, 11) is 4.08. The minimum Gasteiger partial charge on any atom is -0.378 e. The number of aryl methyl sites for hydroxylation is 1. The summed E-state index contributed by atoms with van der Waals surface area (Å²) in [6, 6.07) is 10.6. The topological polar surface area (TPSA) is 50.2 Å². The molecule has 0 radical (unpaired) electrons. The maximum absolute atomic E-state index is 12.5. The first kappa shape index (κ1) is 19.5. The molecule has 1 saturated carbocycles. The van der Waals surface area contributed by atoms with E-state index in [4.69, 9.17) is 0 Å². The van der Waals surface area contributed by atoms with Crippen molar-refractivity contribution in [3.63, 3.8) is 0 Å². The Morgan fingerprint density at radius 3 is 2.44 bits per heavy atom. The lowest BCUT2D eigenvalue weighted by molar-refractivity contribution is 0.0946. The Hall–Kier alpha value is -2.30. The van der Waals surface area contributed by atoms with Crippen molar-refractivity contribution < 1.29 is 4.79 Å². The molecule has 0 unspecified atom stereocenters. The van der Waals surface area contributed by atoms with Crippen LogP contribution in [0, 0.1) is 0 Å². The Bertz CT molecular complexity index is 780. The highest BCUT2D eigenvalue weighted by atomic mass is 16.1. The van der Waals surface area contributed by atoms with Gasteiger partial charge in [0.25, 0.3) is 5.91 Å². The summed E-state index contributed by atoms with van der Waals surface area (Å²) in [5.41, 5.74) is 4.14. The molecule has 1 aromatic carbocycles. The second kappa shape index (κ2) is 7.75. The first-order valence-electron chi connectivity index (χ1n) is 9.90. The number of rotatable bonds is 7. The number of hydrogen-bond acceptors (Lipinski definition) is 3. The quantitative estimate of drug-likeness (QED) is 0.753. The summed E-state index contributed by atoms with van der Waals surface area (Å²) in [6.45, 7) is 7.06. The molecule has 1 amide bonds. The van der Waals surface area contributed by atoms with Crippen molar-refractivity contribution in [2.75, 3.05) is 25.5 Å². The van der Waals surface area contributed by atoms with Crippen LogP contribution in [0.25, 0.3) is 0 Å². The standard InChI is InChI=1S/C22H32N4O/c1-22(2,3)26-20(17-10-11-17)15-19(24-26)21(27)23-14-6-7-16-8-12-18(13-9-16)25(4)5/h8-9,12-13,15,17H,6-7,10-11,14H2,1-5H3,(H,23,27). The third-order valence-electron chi connectivity index (χ3n) is 4.98. The van der Waals surface area contributed by atoms with Crippen LogP contribution in [-0.4, -0.2) is 36.3 Å². The van der Waals surface area contributed by atoms with Crippen LogP contribution in [0.15, 0.2) is 30.3 Å². The average Bonchev–Trinajstić information content (AvgIpc) is 3.35. The maximum Gasteiger partial charge on any atom is 0.271 e. The minimum absolute atomic E-state index is 0.0668. The van der Waals surface area contributed by atoms with Crippen molar-refractivity contribution >= 4 is 11.6 Å². The van der Waals surface area contributed by atoms with Gasteiger partial charge in [0.1, 0.15) is 5.69 Å². The molecule has 1 aromatic heterocycles. The van der Waals surface area contributed by atoms with Gasteiger partial charge in [-0.3, -0.25) is 9.48 Å². The maximum atomic E-state index is 12.5. The summed E-state index contributed by atoms with van der Waals surface area (Å²) in [6.07, 6.45) is 4.28. The number of aromatic nitrogens is 2. The van der Waals surface area contributed by atoms with Crippen molar-refractivity contribution in [1.82, 2.24) is 15.1 Å². The molecule has 1 N–H and O–H groups in total. The third-order valence-corrected chi connectivity index (χ3v) is 4.98. The van der Waals surface area contributed by atoms with Gasteiger partial charge in [0.05, 0.1) is 5.54 Å². The molecule has 27 heavy (non-hydrogen) atoms. The molecule has 1 aliphatic carbocycles. The van der Waals surface area contributed by atoms with Gasteiger partial charge in [0, 0.05) is 37.9 Å². The van der Waals surface area contributed by atoms with Crippen molar-refractivity contribution in [3.8, 4) is 0 Å². The zero-order chi connectivity index (χ0) is 19.6. The zero-order valence-electron chi connectivity index (χ0n) is 17.2. The van der Waals surface area contributed by atoms with Crippen LogP contribution in [0.4, 0.5) is 5.69 Å². The van der Waals surface area contributed by atoms with Gasteiger partial charge in [0.15, 0.2) is 0 Å². The third kappa shape index (κ3) is 4.90. The van der Waals surface area contributed by atoms with E-state index in [1.165, 1.54) is 29.8 Å². The molecule has 0 bridgehead atoms. The number of carbonyl (C=O) groups is 1. The minimum atomic E-state index is -0.102. The van der Waals surface area contributed by atoms with Gasteiger partial charge in [-0.05, 0) is 70.2 Å². The van der Waals surface area contributed by atoms with E-state index >= 15 is 0 Å². The number of amides is 1. The monoisotopic (exact) mass is 368 g/mol. The Kier molecular flexibility index (Phi) is 5.59. The van der Waals surface area contributed by atoms with Crippen LogP contribution in [0.1, 0.15) is 67.7 Å². The van der Waals surface area contributed by atoms with E-state index in [2.05, 4.69) is 60.4 Å². The van der Waals surface area contributed by atoms with Crippen LogP contribution in [0.3, 0.4) is 0 Å².